The smallest absolute Gasteiger partial charge is 0.410 e. The van der Waals surface area contributed by atoms with Gasteiger partial charge >= 0.3 is 6.09 Å². The molecule has 28 heavy (non-hydrogen) atoms. The second-order valence-electron chi connectivity index (χ2n) is 9.76. The highest BCUT2D eigenvalue weighted by Gasteiger charge is 2.43. The molecule has 154 valence electrons. The first-order valence-corrected chi connectivity index (χ1v) is 9.98. The predicted molar refractivity (Wildman–Crippen MR) is 109 cm³/mol. The lowest BCUT2D eigenvalue weighted by atomic mass is 9.89. The van der Waals surface area contributed by atoms with Crippen molar-refractivity contribution in [1.82, 2.24) is 4.90 Å². The van der Waals surface area contributed by atoms with Crippen molar-refractivity contribution in [2.75, 3.05) is 18.0 Å². The topological polar surface area (TPSA) is 59.1 Å². The molecular formula is C22H32N2O4. The van der Waals surface area contributed by atoms with E-state index in [-0.39, 0.29) is 29.6 Å². The first-order valence-electron chi connectivity index (χ1n) is 9.98. The highest BCUT2D eigenvalue weighted by atomic mass is 16.6. The van der Waals surface area contributed by atoms with Gasteiger partial charge in [0.1, 0.15) is 22.7 Å². The standard InChI is InChI=1S/C22H32N2O4/c1-21(2,3)27-19-9-7-15(8-10-19)24-16-11-18(25)12-17(24)14-23(13-16)20(26)28-22(4,5)6/h7-10,16-17H,11-14H2,1-6H3. The van der Waals surface area contributed by atoms with Crippen LogP contribution in [0.4, 0.5) is 10.5 Å². The van der Waals surface area contributed by atoms with Crippen LogP contribution < -0.4 is 9.64 Å². The van der Waals surface area contributed by atoms with Crippen LogP contribution in [0, 0.1) is 0 Å². The minimum atomic E-state index is -0.526. The summed E-state index contributed by atoms with van der Waals surface area (Å²) in [5.74, 6) is 1.09. The normalized spacial score (nSPS) is 22.9. The maximum absolute atomic E-state index is 12.5. The zero-order chi connectivity index (χ0) is 20.7. The molecule has 2 aliphatic heterocycles. The van der Waals surface area contributed by atoms with Crippen molar-refractivity contribution in [2.24, 2.45) is 0 Å². The number of fused-ring (bicyclic) bond motifs is 2. The maximum Gasteiger partial charge on any atom is 0.410 e. The molecule has 0 saturated carbocycles. The highest BCUT2D eigenvalue weighted by molar-refractivity contribution is 5.83. The molecular weight excluding hydrogens is 356 g/mol. The quantitative estimate of drug-likeness (QED) is 0.766. The second-order valence-corrected chi connectivity index (χ2v) is 9.76. The van der Waals surface area contributed by atoms with Crippen molar-refractivity contribution in [3.63, 3.8) is 0 Å². The molecule has 0 N–H and O–H groups in total. The Hall–Kier alpha value is -2.24. The molecule has 2 unspecified atom stereocenters. The lowest BCUT2D eigenvalue weighted by molar-refractivity contribution is -0.122. The fourth-order valence-corrected chi connectivity index (χ4v) is 3.93. The number of carbonyl (C=O) groups excluding carboxylic acids is 2. The molecule has 2 atom stereocenters. The second kappa shape index (κ2) is 7.30. The average molecular weight is 389 g/mol. The third-order valence-corrected chi connectivity index (χ3v) is 4.79. The van der Waals surface area contributed by atoms with Crippen LogP contribution in [0.15, 0.2) is 24.3 Å². The van der Waals surface area contributed by atoms with E-state index < -0.39 is 5.60 Å². The summed E-state index contributed by atoms with van der Waals surface area (Å²) in [4.78, 5) is 28.8. The van der Waals surface area contributed by atoms with Crippen molar-refractivity contribution < 1.29 is 19.1 Å². The third-order valence-electron chi connectivity index (χ3n) is 4.79. The number of piperazine rings is 1. The summed E-state index contributed by atoms with van der Waals surface area (Å²) < 4.78 is 11.4. The Labute approximate surface area is 167 Å². The Bertz CT molecular complexity index is 712. The molecule has 2 heterocycles. The molecule has 6 nitrogen and oxygen atoms in total. The molecule has 0 aliphatic carbocycles. The van der Waals surface area contributed by atoms with E-state index in [0.717, 1.165) is 11.4 Å². The number of hydrogen-bond acceptors (Lipinski definition) is 5. The van der Waals surface area contributed by atoms with Crippen LogP contribution >= 0.6 is 0 Å². The molecule has 0 aromatic heterocycles. The lowest BCUT2D eigenvalue weighted by Gasteiger charge is -2.50. The number of ether oxygens (including phenoxy) is 2. The number of ketones is 1. The minimum absolute atomic E-state index is 0.0260. The Morgan fingerprint density at radius 1 is 0.929 bits per heavy atom. The Kier molecular flexibility index (Phi) is 5.34. The van der Waals surface area contributed by atoms with Crippen molar-refractivity contribution >= 4 is 17.6 Å². The summed E-state index contributed by atoms with van der Waals surface area (Å²) in [6, 6.07) is 7.97. The van der Waals surface area contributed by atoms with E-state index >= 15 is 0 Å². The van der Waals surface area contributed by atoms with Gasteiger partial charge in [-0.2, -0.15) is 0 Å². The first-order chi connectivity index (χ1) is 12.9. The number of carbonyl (C=O) groups is 2. The molecule has 0 radical (unpaired) electrons. The molecule has 1 aromatic carbocycles. The van der Waals surface area contributed by atoms with E-state index in [2.05, 4.69) is 4.90 Å². The molecule has 3 rings (SSSR count). The molecule has 2 fully saturated rings. The van der Waals surface area contributed by atoms with Gasteiger partial charge in [0.15, 0.2) is 0 Å². The van der Waals surface area contributed by atoms with Gasteiger partial charge in [0.25, 0.3) is 0 Å². The van der Waals surface area contributed by atoms with Crippen molar-refractivity contribution in [1.29, 1.82) is 0 Å². The van der Waals surface area contributed by atoms with Gasteiger partial charge in [0.2, 0.25) is 0 Å². The fraction of sp³-hybridized carbons (Fsp3) is 0.636. The predicted octanol–water partition coefficient (Wildman–Crippen LogP) is 4.02. The van der Waals surface area contributed by atoms with Gasteiger partial charge in [-0.05, 0) is 65.8 Å². The van der Waals surface area contributed by atoms with Gasteiger partial charge < -0.3 is 19.3 Å². The van der Waals surface area contributed by atoms with E-state index in [9.17, 15) is 9.59 Å². The molecule has 2 aliphatic rings. The number of hydrogen-bond donors (Lipinski definition) is 0. The fourth-order valence-electron chi connectivity index (χ4n) is 3.93. The molecule has 1 amide bonds. The monoisotopic (exact) mass is 388 g/mol. The first kappa shape index (κ1) is 20.5. The summed E-state index contributed by atoms with van der Waals surface area (Å²) in [6.45, 7) is 12.7. The van der Waals surface area contributed by atoms with E-state index in [4.69, 9.17) is 9.47 Å². The number of nitrogens with zero attached hydrogens (tertiary/aromatic N) is 2. The van der Waals surface area contributed by atoms with Crippen LogP contribution in [0.5, 0.6) is 5.75 Å². The zero-order valence-corrected chi connectivity index (χ0v) is 17.8. The Balaban J connectivity index is 1.76. The van der Waals surface area contributed by atoms with Gasteiger partial charge in [0.05, 0.1) is 12.1 Å². The summed E-state index contributed by atoms with van der Waals surface area (Å²) >= 11 is 0. The van der Waals surface area contributed by atoms with E-state index in [1.54, 1.807) is 4.90 Å². The number of rotatable bonds is 2. The van der Waals surface area contributed by atoms with E-state index in [1.165, 1.54) is 0 Å². The maximum atomic E-state index is 12.5. The molecule has 6 heteroatoms. The highest BCUT2D eigenvalue weighted by Crippen LogP contribution is 2.34. The lowest BCUT2D eigenvalue weighted by Crippen LogP contribution is -2.64. The van der Waals surface area contributed by atoms with Crippen molar-refractivity contribution in [3.05, 3.63) is 24.3 Å². The van der Waals surface area contributed by atoms with Crippen LogP contribution in [0.1, 0.15) is 54.4 Å². The number of anilines is 1. The van der Waals surface area contributed by atoms with Crippen LogP contribution in [0.25, 0.3) is 0 Å². The number of Topliss-reactive ketones (excluding diaryl/α,β-unsaturated/α-hetero) is 1. The summed E-state index contributed by atoms with van der Waals surface area (Å²) in [5.41, 5.74) is 0.290. The molecule has 0 spiro atoms. The summed E-state index contributed by atoms with van der Waals surface area (Å²) in [5, 5.41) is 0. The van der Waals surface area contributed by atoms with Gasteiger partial charge in [-0.15, -0.1) is 0 Å². The van der Waals surface area contributed by atoms with E-state index in [0.29, 0.717) is 25.9 Å². The average Bonchev–Trinajstić information content (AvgIpc) is 2.51. The van der Waals surface area contributed by atoms with Crippen LogP contribution in [0.3, 0.4) is 0 Å². The minimum Gasteiger partial charge on any atom is -0.488 e. The zero-order valence-electron chi connectivity index (χ0n) is 17.8. The number of amides is 1. The SMILES string of the molecule is CC(C)(C)OC(=O)N1CC2CC(=O)CC(C1)N2c1ccc(OC(C)(C)C)cc1. The van der Waals surface area contributed by atoms with Crippen molar-refractivity contribution in [2.45, 2.75) is 77.7 Å². The molecule has 1 aromatic rings. The van der Waals surface area contributed by atoms with Gasteiger partial charge in [0, 0.05) is 31.6 Å². The van der Waals surface area contributed by atoms with Crippen LogP contribution in [-0.4, -0.2) is 53.2 Å². The van der Waals surface area contributed by atoms with Crippen molar-refractivity contribution in [3.8, 4) is 5.75 Å². The largest absolute Gasteiger partial charge is 0.488 e. The van der Waals surface area contributed by atoms with Crippen LogP contribution in [0.2, 0.25) is 0 Å². The van der Waals surface area contributed by atoms with Crippen LogP contribution in [-0.2, 0) is 9.53 Å². The summed E-state index contributed by atoms with van der Waals surface area (Å²) in [6.07, 6.45) is 0.608. The number of benzene rings is 1. The number of likely N-dealkylation sites (tertiary alicyclic amines) is 1. The molecule has 2 bridgehead atoms. The van der Waals surface area contributed by atoms with E-state index in [1.807, 2.05) is 65.8 Å². The Morgan fingerprint density at radius 3 is 1.93 bits per heavy atom. The molecule has 2 saturated heterocycles. The third kappa shape index (κ3) is 4.97. The van der Waals surface area contributed by atoms with Gasteiger partial charge in [-0.1, -0.05) is 0 Å². The van der Waals surface area contributed by atoms with Gasteiger partial charge in [-0.3, -0.25) is 4.79 Å². The Morgan fingerprint density at radius 2 is 1.46 bits per heavy atom. The number of piperidine rings is 1. The van der Waals surface area contributed by atoms with Gasteiger partial charge in [-0.25, -0.2) is 4.79 Å². The summed E-state index contributed by atoms with van der Waals surface area (Å²) in [7, 11) is 0.